The van der Waals surface area contributed by atoms with Crippen LogP contribution in [0.3, 0.4) is 0 Å². The maximum Gasteiger partial charge on any atom is 0.335 e. The summed E-state index contributed by atoms with van der Waals surface area (Å²) >= 11 is 1.38. The van der Waals surface area contributed by atoms with Crippen molar-refractivity contribution in [3.05, 3.63) is 80.0 Å². The van der Waals surface area contributed by atoms with Gasteiger partial charge in [-0.3, -0.25) is 9.78 Å². The SMILES string of the molecule is Cc1cccc(-n2c(O)c(/C=N/c3nc4ccc(C)cc4s3)c(=O)[nH]c2=O)c1. The number of benzene rings is 2. The van der Waals surface area contributed by atoms with Crippen molar-refractivity contribution in [3.8, 4) is 11.6 Å². The standard InChI is InChI=1S/C20H16N4O3S/c1-11-4-3-5-13(8-11)24-18(26)14(17(25)23-20(24)27)10-21-19-22-15-7-6-12(2)9-16(15)28-19/h3-10,26H,1-2H3,(H,23,25,27)/b21-10+. The quantitative estimate of drug-likeness (QED) is 0.523. The first-order chi connectivity index (χ1) is 13.4. The number of fused-ring (bicyclic) bond motifs is 1. The molecule has 140 valence electrons. The van der Waals surface area contributed by atoms with Gasteiger partial charge in [-0.2, -0.15) is 0 Å². The van der Waals surface area contributed by atoms with Crippen LogP contribution < -0.4 is 11.2 Å². The monoisotopic (exact) mass is 392 g/mol. The van der Waals surface area contributed by atoms with Gasteiger partial charge < -0.3 is 5.11 Å². The van der Waals surface area contributed by atoms with Gasteiger partial charge in [-0.15, -0.1) is 0 Å². The Morgan fingerprint density at radius 2 is 1.93 bits per heavy atom. The Balaban J connectivity index is 1.81. The van der Waals surface area contributed by atoms with Crippen LogP contribution in [0.2, 0.25) is 0 Å². The zero-order chi connectivity index (χ0) is 19.8. The highest BCUT2D eigenvalue weighted by atomic mass is 32.1. The van der Waals surface area contributed by atoms with E-state index in [9.17, 15) is 14.7 Å². The highest BCUT2D eigenvalue weighted by Gasteiger charge is 2.14. The molecule has 0 saturated carbocycles. The first-order valence-electron chi connectivity index (χ1n) is 8.49. The van der Waals surface area contributed by atoms with Crippen LogP contribution in [0.25, 0.3) is 15.9 Å². The minimum Gasteiger partial charge on any atom is -0.493 e. The van der Waals surface area contributed by atoms with Crippen molar-refractivity contribution in [2.45, 2.75) is 13.8 Å². The van der Waals surface area contributed by atoms with E-state index in [4.69, 9.17) is 0 Å². The first kappa shape index (κ1) is 17.9. The van der Waals surface area contributed by atoms with Crippen LogP contribution >= 0.6 is 11.3 Å². The third-order valence-electron chi connectivity index (χ3n) is 4.22. The molecular formula is C20H16N4O3S. The lowest BCUT2D eigenvalue weighted by molar-refractivity contribution is 0.430. The van der Waals surface area contributed by atoms with Crippen molar-refractivity contribution < 1.29 is 5.11 Å². The highest BCUT2D eigenvalue weighted by Crippen LogP contribution is 2.28. The van der Waals surface area contributed by atoms with E-state index >= 15 is 0 Å². The van der Waals surface area contributed by atoms with E-state index in [1.165, 1.54) is 17.6 Å². The van der Waals surface area contributed by atoms with Gasteiger partial charge in [0, 0.05) is 6.21 Å². The Labute approximate surface area is 163 Å². The van der Waals surface area contributed by atoms with Crippen molar-refractivity contribution in [2.24, 2.45) is 4.99 Å². The summed E-state index contributed by atoms with van der Waals surface area (Å²) in [7, 11) is 0. The van der Waals surface area contributed by atoms with Crippen molar-refractivity contribution in [1.82, 2.24) is 14.5 Å². The molecule has 4 aromatic rings. The number of H-pyrrole nitrogens is 1. The Kier molecular flexibility index (Phi) is 4.40. The third-order valence-corrected chi connectivity index (χ3v) is 5.14. The van der Waals surface area contributed by atoms with E-state index in [-0.39, 0.29) is 5.56 Å². The van der Waals surface area contributed by atoms with E-state index in [0.29, 0.717) is 10.8 Å². The Morgan fingerprint density at radius 3 is 2.71 bits per heavy atom. The summed E-state index contributed by atoms with van der Waals surface area (Å²) < 4.78 is 2.02. The van der Waals surface area contributed by atoms with Gasteiger partial charge in [-0.05, 0) is 49.2 Å². The zero-order valence-corrected chi connectivity index (χ0v) is 15.9. The van der Waals surface area contributed by atoms with E-state index in [0.717, 1.165) is 25.9 Å². The molecule has 8 heteroatoms. The van der Waals surface area contributed by atoms with Crippen LogP contribution in [0.5, 0.6) is 5.88 Å². The summed E-state index contributed by atoms with van der Waals surface area (Å²) in [6, 6.07) is 12.9. The van der Waals surface area contributed by atoms with Crippen molar-refractivity contribution in [1.29, 1.82) is 0 Å². The Morgan fingerprint density at radius 1 is 1.14 bits per heavy atom. The average molecular weight is 392 g/mol. The fourth-order valence-corrected chi connectivity index (χ4v) is 3.77. The zero-order valence-electron chi connectivity index (χ0n) is 15.1. The molecule has 0 aliphatic heterocycles. The molecular weight excluding hydrogens is 376 g/mol. The molecule has 0 spiro atoms. The number of aryl methyl sites for hydroxylation is 2. The van der Waals surface area contributed by atoms with Crippen LogP contribution in [0.4, 0.5) is 5.13 Å². The Bertz CT molecular complexity index is 1350. The second kappa shape index (κ2) is 6.90. The molecule has 2 aromatic carbocycles. The number of thiazole rings is 1. The summed E-state index contributed by atoms with van der Waals surface area (Å²) in [6.45, 7) is 3.86. The van der Waals surface area contributed by atoms with Gasteiger partial charge in [0.05, 0.1) is 15.9 Å². The highest BCUT2D eigenvalue weighted by molar-refractivity contribution is 7.22. The van der Waals surface area contributed by atoms with Gasteiger partial charge in [-0.1, -0.05) is 29.5 Å². The molecule has 7 nitrogen and oxygen atoms in total. The van der Waals surface area contributed by atoms with E-state index < -0.39 is 17.1 Å². The minimum absolute atomic E-state index is 0.114. The summed E-state index contributed by atoms with van der Waals surface area (Å²) in [4.78, 5) is 35.3. The van der Waals surface area contributed by atoms with Gasteiger partial charge in [0.25, 0.3) is 5.56 Å². The molecule has 0 atom stereocenters. The van der Waals surface area contributed by atoms with E-state index in [1.807, 2.05) is 38.1 Å². The lowest BCUT2D eigenvalue weighted by Crippen LogP contribution is -2.31. The summed E-state index contributed by atoms with van der Waals surface area (Å²) in [5.74, 6) is -0.472. The number of nitrogens with zero attached hydrogens (tertiary/aromatic N) is 3. The molecule has 2 N–H and O–H groups in total. The predicted molar refractivity (Wildman–Crippen MR) is 111 cm³/mol. The number of aromatic hydroxyl groups is 1. The molecule has 2 heterocycles. The van der Waals surface area contributed by atoms with Crippen molar-refractivity contribution in [2.75, 3.05) is 0 Å². The van der Waals surface area contributed by atoms with Crippen LogP contribution in [-0.4, -0.2) is 25.9 Å². The molecule has 0 saturated heterocycles. The number of hydrogen-bond donors (Lipinski definition) is 2. The lowest BCUT2D eigenvalue weighted by atomic mass is 10.2. The van der Waals surface area contributed by atoms with E-state index in [2.05, 4.69) is 15.0 Å². The molecule has 0 amide bonds. The lowest BCUT2D eigenvalue weighted by Gasteiger charge is -2.09. The van der Waals surface area contributed by atoms with Gasteiger partial charge in [0.15, 0.2) is 0 Å². The van der Waals surface area contributed by atoms with Crippen molar-refractivity contribution >= 4 is 32.9 Å². The first-order valence-corrected chi connectivity index (χ1v) is 9.30. The van der Waals surface area contributed by atoms with Crippen molar-refractivity contribution in [3.63, 3.8) is 0 Å². The largest absolute Gasteiger partial charge is 0.493 e. The fourth-order valence-electron chi connectivity index (χ4n) is 2.86. The van der Waals surface area contributed by atoms with E-state index in [1.54, 1.807) is 18.2 Å². The van der Waals surface area contributed by atoms with Crippen LogP contribution in [0.1, 0.15) is 16.7 Å². The second-order valence-corrected chi connectivity index (χ2v) is 7.41. The molecule has 4 rings (SSSR count). The minimum atomic E-state index is -0.722. The average Bonchev–Trinajstić information content (AvgIpc) is 3.03. The number of aliphatic imine (C=N–C) groups is 1. The normalized spacial score (nSPS) is 11.5. The molecule has 0 aliphatic rings. The topological polar surface area (TPSA) is 100 Å². The number of hydrogen-bond acceptors (Lipinski definition) is 6. The predicted octanol–water partition coefficient (Wildman–Crippen LogP) is 3.21. The van der Waals surface area contributed by atoms with Gasteiger partial charge in [0.2, 0.25) is 11.0 Å². The van der Waals surface area contributed by atoms with Crippen LogP contribution in [0.15, 0.2) is 57.0 Å². The summed E-state index contributed by atoms with van der Waals surface area (Å²) in [5, 5.41) is 11.0. The smallest absolute Gasteiger partial charge is 0.335 e. The Hall–Kier alpha value is -3.52. The maximum absolute atomic E-state index is 12.2. The maximum atomic E-state index is 12.2. The van der Waals surface area contributed by atoms with Gasteiger partial charge in [0.1, 0.15) is 5.56 Å². The molecule has 28 heavy (non-hydrogen) atoms. The second-order valence-electron chi connectivity index (χ2n) is 6.40. The van der Waals surface area contributed by atoms with Gasteiger partial charge >= 0.3 is 5.69 Å². The summed E-state index contributed by atoms with van der Waals surface area (Å²) in [5.41, 5.74) is 1.74. The number of rotatable bonds is 3. The number of nitrogens with one attached hydrogen (secondary N) is 1. The van der Waals surface area contributed by atoms with Crippen LogP contribution in [0, 0.1) is 13.8 Å². The third kappa shape index (κ3) is 3.25. The molecule has 2 aromatic heterocycles. The molecule has 0 fully saturated rings. The fraction of sp³-hybridized carbons (Fsp3) is 0.100. The summed E-state index contributed by atoms with van der Waals surface area (Å²) in [6.07, 6.45) is 1.23. The number of aromatic nitrogens is 3. The molecule has 0 aliphatic carbocycles. The molecule has 0 bridgehead atoms. The van der Waals surface area contributed by atoms with Crippen LogP contribution in [-0.2, 0) is 0 Å². The van der Waals surface area contributed by atoms with Gasteiger partial charge in [-0.25, -0.2) is 19.3 Å². The molecule has 0 unspecified atom stereocenters. The number of aromatic amines is 1. The molecule has 0 radical (unpaired) electrons.